The van der Waals surface area contributed by atoms with Gasteiger partial charge in [0.05, 0.1) is 6.61 Å². The Morgan fingerprint density at radius 1 is 1.13 bits per heavy atom. The lowest BCUT2D eigenvalue weighted by Crippen LogP contribution is -2.51. The van der Waals surface area contributed by atoms with Crippen LogP contribution in [-0.4, -0.2) is 63.9 Å². The minimum absolute atomic E-state index is 0.0605. The van der Waals surface area contributed by atoms with Gasteiger partial charge in [-0.1, -0.05) is 6.07 Å². The van der Waals surface area contributed by atoms with E-state index in [2.05, 4.69) is 10.6 Å². The Hall–Kier alpha value is -2.81. The van der Waals surface area contributed by atoms with Crippen LogP contribution in [0.5, 0.6) is 5.75 Å². The lowest BCUT2D eigenvalue weighted by Gasteiger charge is -2.33. The van der Waals surface area contributed by atoms with Crippen LogP contribution in [-0.2, 0) is 14.3 Å². The molecule has 9 nitrogen and oxygen atoms in total. The van der Waals surface area contributed by atoms with Gasteiger partial charge in [0.1, 0.15) is 23.9 Å². The van der Waals surface area contributed by atoms with Crippen molar-refractivity contribution in [2.24, 2.45) is 0 Å². The Morgan fingerprint density at radius 2 is 1.74 bits per heavy atom. The van der Waals surface area contributed by atoms with E-state index in [1.807, 2.05) is 20.8 Å². The lowest BCUT2D eigenvalue weighted by molar-refractivity contribution is -0.141. The van der Waals surface area contributed by atoms with Gasteiger partial charge in [0.25, 0.3) is 0 Å². The van der Waals surface area contributed by atoms with Crippen molar-refractivity contribution in [2.45, 2.75) is 65.6 Å². The van der Waals surface area contributed by atoms with Gasteiger partial charge in [-0.05, 0) is 71.7 Å². The standard InChI is InChI=1S/C22H35N3O6/c1-14-12-15(8-9-16(14)27)18(19(29)24-21(2,3)4)25(10-11-26)17(28)13-23-20(30)31-22(5,6)7/h8-9,12,18,26-27H,10-11,13H2,1-7H3,(H,23,30)(H,24,29). The minimum Gasteiger partial charge on any atom is -0.508 e. The van der Waals surface area contributed by atoms with Crippen molar-refractivity contribution in [3.05, 3.63) is 29.3 Å². The average molecular weight is 438 g/mol. The number of amides is 3. The number of hydrogen-bond acceptors (Lipinski definition) is 6. The summed E-state index contributed by atoms with van der Waals surface area (Å²) in [4.78, 5) is 39.2. The molecule has 1 rings (SSSR count). The van der Waals surface area contributed by atoms with Crippen LogP contribution in [0.25, 0.3) is 0 Å². The highest BCUT2D eigenvalue weighted by molar-refractivity contribution is 5.90. The number of carbonyl (C=O) groups is 3. The number of nitrogens with zero attached hydrogens (tertiary/aromatic N) is 1. The van der Waals surface area contributed by atoms with Crippen molar-refractivity contribution in [1.29, 1.82) is 0 Å². The molecule has 0 aromatic heterocycles. The fourth-order valence-corrected chi connectivity index (χ4v) is 2.83. The number of phenolic OH excluding ortho intramolecular Hbond substituents is 1. The first-order valence-corrected chi connectivity index (χ1v) is 10.1. The highest BCUT2D eigenvalue weighted by Crippen LogP contribution is 2.27. The summed E-state index contributed by atoms with van der Waals surface area (Å²) in [6.07, 6.45) is -0.763. The molecule has 1 aromatic carbocycles. The van der Waals surface area contributed by atoms with Gasteiger partial charge in [0.2, 0.25) is 11.8 Å². The third-order valence-corrected chi connectivity index (χ3v) is 4.04. The van der Waals surface area contributed by atoms with E-state index in [1.165, 1.54) is 11.0 Å². The van der Waals surface area contributed by atoms with Crippen LogP contribution in [0, 0.1) is 6.92 Å². The summed E-state index contributed by atoms with van der Waals surface area (Å²) in [5, 5.41) is 24.6. The van der Waals surface area contributed by atoms with E-state index in [9.17, 15) is 24.6 Å². The van der Waals surface area contributed by atoms with Crippen molar-refractivity contribution in [3.8, 4) is 5.75 Å². The van der Waals surface area contributed by atoms with E-state index in [0.29, 0.717) is 11.1 Å². The second-order valence-corrected chi connectivity index (χ2v) is 9.35. The van der Waals surface area contributed by atoms with Gasteiger partial charge in [-0.3, -0.25) is 9.59 Å². The van der Waals surface area contributed by atoms with Crippen LogP contribution in [0.2, 0.25) is 0 Å². The highest BCUT2D eigenvalue weighted by Gasteiger charge is 2.33. The number of nitrogens with one attached hydrogen (secondary N) is 2. The number of carbonyl (C=O) groups excluding carboxylic acids is 3. The number of aliphatic hydroxyl groups is 1. The lowest BCUT2D eigenvalue weighted by atomic mass is 9.99. The van der Waals surface area contributed by atoms with Crippen molar-refractivity contribution < 1.29 is 29.3 Å². The number of aromatic hydroxyl groups is 1. The minimum atomic E-state index is -1.07. The zero-order valence-electron chi connectivity index (χ0n) is 19.4. The summed E-state index contributed by atoms with van der Waals surface area (Å²) in [6, 6.07) is 3.54. The molecule has 0 heterocycles. The summed E-state index contributed by atoms with van der Waals surface area (Å²) < 4.78 is 5.14. The largest absolute Gasteiger partial charge is 0.508 e. The molecule has 3 amide bonds. The predicted molar refractivity (Wildman–Crippen MR) is 117 cm³/mol. The van der Waals surface area contributed by atoms with Crippen LogP contribution in [0.1, 0.15) is 58.7 Å². The molecule has 1 atom stereocenters. The first-order chi connectivity index (χ1) is 14.1. The third-order valence-electron chi connectivity index (χ3n) is 4.04. The Balaban J connectivity index is 3.22. The van der Waals surface area contributed by atoms with Gasteiger partial charge < -0.3 is 30.5 Å². The van der Waals surface area contributed by atoms with Crippen LogP contribution in [0.3, 0.4) is 0 Å². The normalized spacial score (nSPS) is 12.6. The smallest absolute Gasteiger partial charge is 0.408 e. The van der Waals surface area contributed by atoms with Crippen LogP contribution >= 0.6 is 0 Å². The van der Waals surface area contributed by atoms with Gasteiger partial charge in [0, 0.05) is 12.1 Å². The number of aliphatic hydroxyl groups excluding tert-OH is 1. The van der Waals surface area contributed by atoms with E-state index in [-0.39, 0.29) is 18.9 Å². The van der Waals surface area contributed by atoms with Crippen molar-refractivity contribution in [3.63, 3.8) is 0 Å². The highest BCUT2D eigenvalue weighted by atomic mass is 16.6. The molecule has 0 spiro atoms. The first-order valence-electron chi connectivity index (χ1n) is 10.1. The molecule has 0 saturated heterocycles. The number of benzene rings is 1. The monoisotopic (exact) mass is 437 g/mol. The van der Waals surface area contributed by atoms with Crippen LogP contribution in [0.4, 0.5) is 4.79 Å². The molecule has 174 valence electrons. The number of rotatable bonds is 7. The molecule has 0 aliphatic carbocycles. The quantitative estimate of drug-likeness (QED) is 0.517. The molecular formula is C22H35N3O6. The molecule has 0 saturated carbocycles. The number of phenols is 1. The summed E-state index contributed by atoms with van der Waals surface area (Å²) in [5.74, 6) is -0.957. The number of aryl methyl sites for hydroxylation is 1. The fourth-order valence-electron chi connectivity index (χ4n) is 2.83. The van der Waals surface area contributed by atoms with E-state index >= 15 is 0 Å². The summed E-state index contributed by atoms with van der Waals surface area (Å²) in [7, 11) is 0. The molecule has 0 aliphatic heterocycles. The summed E-state index contributed by atoms with van der Waals surface area (Å²) >= 11 is 0. The van der Waals surface area contributed by atoms with Crippen molar-refractivity contribution in [2.75, 3.05) is 19.7 Å². The van der Waals surface area contributed by atoms with Crippen LogP contribution < -0.4 is 10.6 Å². The maximum Gasteiger partial charge on any atom is 0.408 e. The summed E-state index contributed by atoms with van der Waals surface area (Å²) in [5.41, 5.74) is -0.286. The van der Waals surface area contributed by atoms with Crippen molar-refractivity contribution >= 4 is 17.9 Å². The third kappa shape index (κ3) is 8.84. The maximum absolute atomic E-state index is 13.1. The van der Waals surface area contributed by atoms with E-state index in [0.717, 1.165) is 0 Å². The van der Waals surface area contributed by atoms with E-state index < -0.39 is 41.6 Å². The predicted octanol–water partition coefficient (Wildman–Crippen LogP) is 2.00. The second kappa shape index (κ2) is 10.5. The first kappa shape index (κ1) is 26.2. The number of hydrogen-bond donors (Lipinski definition) is 4. The van der Waals surface area contributed by atoms with Crippen LogP contribution in [0.15, 0.2) is 18.2 Å². The van der Waals surface area contributed by atoms with Gasteiger partial charge in [0.15, 0.2) is 0 Å². The topological polar surface area (TPSA) is 128 Å². The van der Waals surface area contributed by atoms with Crippen molar-refractivity contribution in [1.82, 2.24) is 15.5 Å². The van der Waals surface area contributed by atoms with Gasteiger partial charge in [-0.2, -0.15) is 0 Å². The molecule has 0 bridgehead atoms. The Kier molecular flexibility index (Phi) is 8.86. The van der Waals surface area contributed by atoms with E-state index in [1.54, 1.807) is 39.8 Å². The number of alkyl carbamates (subject to hydrolysis) is 1. The van der Waals surface area contributed by atoms with Gasteiger partial charge >= 0.3 is 6.09 Å². The zero-order chi connectivity index (χ0) is 24.0. The molecule has 9 heteroatoms. The molecule has 0 radical (unpaired) electrons. The average Bonchev–Trinajstić information content (AvgIpc) is 2.59. The van der Waals surface area contributed by atoms with Gasteiger partial charge in [-0.15, -0.1) is 0 Å². The second-order valence-electron chi connectivity index (χ2n) is 9.35. The Morgan fingerprint density at radius 3 is 2.23 bits per heavy atom. The molecular weight excluding hydrogens is 402 g/mol. The molecule has 4 N–H and O–H groups in total. The van der Waals surface area contributed by atoms with E-state index in [4.69, 9.17) is 4.74 Å². The SMILES string of the molecule is Cc1cc(C(C(=O)NC(C)(C)C)N(CCO)C(=O)CNC(=O)OC(C)(C)C)ccc1O. The Bertz CT molecular complexity index is 795. The molecule has 0 aliphatic rings. The zero-order valence-corrected chi connectivity index (χ0v) is 19.4. The fraction of sp³-hybridized carbons (Fsp3) is 0.591. The summed E-state index contributed by atoms with van der Waals surface area (Å²) in [6.45, 7) is 11.3. The molecule has 1 aromatic rings. The molecule has 0 fully saturated rings. The Labute approximate surface area is 183 Å². The molecule has 1 unspecified atom stereocenters. The maximum atomic E-state index is 13.1. The van der Waals surface area contributed by atoms with Gasteiger partial charge in [-0.25, -0.2) is 4.79 Å². The molecule has 31 heavy (non-hydrogen) atoms. The number of ether oxygens (including phenoxy) is 1.